The highest BCUT2D eigenvalue weighted by Crippen LogP contribution is 2.28. The Hall–Kier alpha value is -2.27. The van der Waals surface area contributed by atoms with E-state index in [0.29, 0.717) is 6.54 Å². The van der Waals surface area contributed by atoms with Crippen LogP contribution in [0.2, 0.25) is 0 Å². The average Bonchev–Trinajstić information content (AvgIpc) is 3.02. The molecule has 1 unspecified atom stereocenters. The van der Waals surface area contributed by atoms with E-state index in [0.717, 1.165) is 34.7 Å². The number of aryl methyl sites for hydroxylation is 1. The van der Waals surface area contributed by atoms with Crippen LogP contribution in [0.15, 0.2) is 59.8 Å². The summed E-state index contributed by atoms with van der Waals surface area (Å²) in [6, 6.07) is 18.1. The van der Waals surface area contributed by atoms with E-state index >= 15 is 0 Å². The molecule has 1 atom stereocenters. The van der Waals surface area contributed by atoms with E-state index in [-0.39, 0.29) is 11.2 Å². The number of nitrogens with zero attached hydrogens (tertiary/aromatic N) is 2. The second-order valence-electron chi connectivity index (χ2n) is 5.85. The lowest BCUT2D eigenvalue weighted by Crippen LogP contribution is -2.32. The maximum absolute atomic E-state index is 12.6. The molecule has 0 radical (unpaired) electrons. The molecular weight excluding hydrogens is 330 g/mol. The molecule has 2 aromatic carbocycles. The van der Waals surface area contributed by atoms with Crippen LogP contribution in [0.25, 0.3) is 11.0 Å². The van der Waals surface area contributed by atoms with Gasteiger partial charge < -0.3 is 9.88 Å². The van der Waals surface area contributed by atoms with Gasteiger partial charge in [-0.15, -0.1) is 0 Å². The molecule has 0 aliphatic rings. The van der Waals surface area contributed by atoms with Crippen molar-refractivity contribution >= 4 is 28.7 Å². The van der Waals surface area contributed by atoms with Gasteiger partial charge in [-0.05, 0) is 31.0 Å². The number of amides is 1. The van der Waals surface area contributed by atoms with Crippen LogP contribution in [0, 0.1) is 0 Å². The number of benzene rings is 2. The second-order valence-corrected chi connectivity index (χ2v) is 7.02. The van der Waals surface area contributed by atoms with Crippen LogP contribution in [0.4, 0.5) is 0 Å². The first-order valence-corrected chi connectivity index (χ1v) is 9.54. The zero-order valence-electron chi connectivity index (χ0n) is 14.6. The Bertz CT molecular complexity index is 845. The van der Waals surface area contributed by atoms with Gasteiger partial charge in [-0.3, -0.25) is 4.79 Å². The van der Waals surface area contributed by atoms with Crippen LogP contribution in [0.1, 0.15) is 25.8 Å². The van der Waals surface area contributed by atoms with Crippen molar-refractivity contribution in [3.63, 3.8) is 0 Å². The van der Waals surface area contributed by atoms with Crippen LogP contribution in [-0.2, 0) is 17.9 Å². The third-order valence-corrected chi connectivity index (χ3v) is 5.51. The van der Waals surface area contributed by atoms with Crippen molar-refractivity contribution in [2.24, 2.45) is 0 Å². The van der Waals surface area contributed by atoms with Crippen molar-refractivity contribution in [1.29, 1.82) is 0 Å². The van der Waals surface area contributed by atoms with Crippen LogP contribution >= 0.6 is 11.8 Å². The number of carbonyl (C=O) groups is 1. The van der Waals surface area contributed by atoms with Gasteiger partial charge in [0, 0.05) is 13.1 Å². The molecule has 0 aliphatic heterocycles. The molecule has 0 saturated carbocycles. The van der Waals surface area contributed by atoms with Gasteiger partial charge in [-0.1, -0.05) is 61.2 Å². The Morgan fingerprint density at radius 1 is 1.12 bits per heavy atom. The molecule has 3 rings (SSSR count). The van der Waals surface area contributed by atoms with Crippen LogP contribution in [0.5, 0.6) is 0 Å². The Morgan fingerprint density at radius 3 is 2.56 bits per heavy atom. The summed E-state index contributed by atoms with van der Waals surface area (Å²) in [5.74, 6) is 0.0612. The normalized spacial score (nSPS) is 12.2. The van der Waals surface area contributed by atoms with Gasteiger partial charge in [0.2, 0.25) is 5.91 Å². The fourth-order valence-electron chi connectivity index (χ4n) is 2.80. The van der Waals surface area contributed by atoms with E-state index in [1.54, 1.807) is 11.8 Å². The molecule has 1 aromatic heterocycles. The van der Waals surface area contributed by atoms with Gasteiger partial charge in [0.25, 0.3) is 0 Å². The first-order valence-electron chi connectivity index (χ1n) is 8.66. The molecule has 1 amide bonds. The number of thioether (sulfide) groups is 1. The predicted octanol–water partition coefficient (Wildman–Crippen LogP) is 4.24. The molecule has 25 heavy (non-hydrogen) atoms. The lowest BCUT2D eigenvalue weighted by Gasteiger charge is -2.15. The summed E-state index contributed by atoms with van der Waals surface area (Å²) in [5, 5.41) is 3.81. The fourth-order valence-corrected chi connectivity index (χ4v) is 3.91. The number of rotatable bonds is 7. The summed E-state index contributed by atoms with van der Waals surface area (Å²) < 4.78 is 2.17. The van der Waals surface area contributed by atoms with Crippen molar-refractivity contribution in [1.82, 2.24) is 14.9 Å². The summed E-state index contributed by atoms with van der Waals surface area (Å²) in [7, 11) is 0. The summed E-state index contributed by atoms with van der Waals surface area (Å²) in [4.78, 5) is 17.3. The highest BCUT2D eigenvalue weighted by Gasteiger charge is 2.21. The number of aromatic nitrogens is 2. The predicted molar refractivity (Wildman–Crippen MR) is 104 cm³/mol. The largest absolute Gasteiger partial charge is 0.351 e. The second kappa shape index (κ2) is 8.21. The zero-order valence-corrected chi connectivity index (χ0v) is 15.4. The quantitative estimate of drug-likeness (QED) is 0.646. The molecule has 0 bridgehead atoms. The molecule has 130 valence electrons. The molecule has 1 heterocycles. The summed E-state index contributed by atoms with van der Waals surface area (Å²) in [6.45, 7) is 5.54. The van der Waals surface area contributed by atoms with Crippen LogP contribution < -0.4 is 5.32 Å². The third kappa shape index (κ3) is 4.04. The standard InChI is InChI=1S/C20H23N3OS/c1-3-18(19(24)21-14-15-10-6-5-7-11-15)25-20-22-16-12-8-9-13-17(16)23(20)4-2/h5-13,18H,3-4,14H2,1-2H3,(H,21,24). The van der Waals surface area contributed by atoms with Crippen molar-refractivity contribution in [2.45, 2.75) is 43.8 Å². The molecule has 0 aliphatic carbocycles. The van der Waals surface area contributed by atoms with E-state index in [1.807, 2.05) is 55.5 Å². The number of imidazole rings is 1. The third-order valence-electron chi connectivity index (χ3n) is 4.16. The summed E-state index contributed by atoms with van der Waals surface area (Å²) in [6.07, 6.45) is 0.762. The topological polar surface area (TPSA) is 46.9 Å². The highest BCUT2D eigenvalue weighted by molar-refractivity contribution is 8.00. The number of carbonyl (C=O) groups excluding carboxylic acids is 1. The first kappa shape index (κ1) is 17.5. The molecule has 0 fully saturated rings. The molecule has 5 heteroatoms. The smallest absolute Gasteiger partial charge is 0.233 e. The first-order chi connectivity index (χ1) is 12.2. The van der Waals surface area contributed by atoms with Gasteiger partial charge in [0.1, 0.15) is 0 Å². The molecule has 1 N–H and O–H groups in total. The Kier molecular flexibility index (Phi) is 5.76. The van der Waals surface area contributed by atoms with Gasteiger partial charge >= 0.3 is 0 Å². The van der Waals surface area contributed by atoms with E-state index in [2.05, 4.69) is 22.9 Å². The molecule has 0 saturated heterocycles. The molecular formula is C20H23N3OS. The minimum absolute atomic E-state index is 0.0612. The Balaban J connectivity index is 1.72. The van der Waals surface area contributed by atoms with Crippen molar-refractivity contribution in [3.8, 4) is 0 Å². The zero-order chi connectivity index (χ0) is 17.6. The number of hydrogen-bond donors (Lipinski definition) is 1. The van der Waals surface area contributed by atoms with Gasteiger partial charge in [0.05, 0.1) is 16.3 Å². The highest BCUT2D eigenvalue weighted by atomic mass is 32.2. The number of nitrogens with one attached hydrogen (secondary N) is 1. The van der Waals surface area contributed by atoms with Crippen LogP contribution in [0.3, 0.4) is 0 Å². The average molecular weight is 353 g/mol. The molecule has 0 spiro atoms. The lowest BCUT2D eigenvalue weighted by atomic mass is 10.2. The van der Waals surface area contributed by atoms with Crippen molar-refractivity contribution < 1.29 is 4.79 Å². The maximum atomic E-state index is 12.6. The number of fused-ring (bicyclic) bond motifs is 1. The number of para-hydroxylation sites is 2. The Morgan fingerprint density at radius 2 is 1.84 bits per heavy atom. The van der Waals surface area contributed by atoms with Gasteiger partial charge in [-0.25, -0.2) is 4.98 Å². The fraction of sp³-hybridized carbons (Fsp3) is 0.300. The lowest BCUT2D eigenvalue weighted by molar-refractivity contribution is -0.120. The van der Waals surface area contributed by atoms with E-state index in [9.17, 15) is 4.79 Å². The van der Waals surface area contributed by atoms with E-state index < -0.39 is 0 Å². The molecule has 3 aromatic rings. The molecule has 4 nitrogen and oxygen atoms in total. The maximum Gasteiger partial charge on any atom is 0.233 e. The monoisotopic (exact) mass is 353 g/mol. The summed E-state index contributed by atoms with van der Waals surface area (Å²) >= 11 is 1.55. The van der Waals surface area contributed by atoms with E-state index in [1.165, 1.54) is 0 Å². The van der Waals surface area contributed by atoms with Crippen molar-refractivity contribution in [2.75, 3.05) is 0 Å². The van der Waals surface area contributed by atoms with Crippen molar-refractivity contribution in [3.05, 3.63) is 60.2 Å². The van der Waals surface area contributed by atoms with Crippen LogP contribution in [-0.4, -0.2) is 20.7 Å². The summed E-state index contributed by atoms with van der Waals surface area (Å²) in [5.41, 5.74) is 3.20. The van der Waals surface area contributed by atoms with Gasteiger partial charge in [-0.2, -0.15) is 0 Å². The van der Waals surface area contributed by atoms with Gasteiger partial charge in [0.15, 0.2) is 5.16 Å². The minimum atomic E-state index is -0.147. The SMILES string of the molecule is CCC(Sc1nc2ccccc2n1CC)C(=O)NCc1ccccc1. The Labute approximate surface area is 152 Å². The minimum Gasteiger partial charge on any atom is -0.351 e. The van der Waals surface area contributed by atoms with E-state index in [4.69, 9.17) is 4.98 Å². The number of hydrogen-bond acceptors (Lipinski definition) is 3.